The number of benzene rings is 1. The largest absolute Gasteiger partial charge is 0.343 e. The van der Waals surface area contributed by atoms with E-state index in [-0.39, 0.29) is 18.4 Å². The summed E-state index contributed by atoms with van der Waals surface area (Å²) in [7, 11) is 0. The molecule has 0 aliphatic rings. The Morgan fingerprint density at radius 3 is 2.24 bits per heavy atom. The second-order valence-corrected chi connectivity index (χ2v) is 3.61. The number of carbonyl (C=O) groups excluding carboxylic acids is 2. The van der Waals surface area contributed by atoms with E-state index >= 15 is 0 Å². The molecule has 0 bridgehead atoms. The third-order valence-corrected chi connectivity index (χ3v) is 2.55. The molecule has 92 valence electrons. The van der Waals surface area contributed by atoms with Gasteiger partial charge in [-0.3, -0.25) is 9.59 Å². The molecular formula is C13H18N2O2. The van der Waals surface area contributed by atoms with Crippen LogP contribution in [0.2, 0.25) is 0 Å². The average molecular weight is 234 g/mol. The fourth-order valence-electron chi connectivity index (χ4n) is 1.54. The zero-order valence-electron chi connectivity index (χ0n) is 10.3. The maximum Gasteiger partial charge on any atom is 0.251 e. The van der Waals surface area contributed by atoms with Gasteiger partial charge >= 0.3 is 0 Å². The van der Waals surface area contributed by atoms with Crippen LogP contribution >= 0.6 is 0 Å². The molecule has 0 saturated carbocycles. The molecule has 0 aromatic heterocycles. The van der Waals surface area contributed by atoms with Gasteiger partial charge in [0.15, 0.2) is 0 Å². The predicted octanol–water partition coefficient (Wildman–Crippen LogP) is 1.28. The molecule has 2 amide bonds. The first-order chi connectivity index (χ1) is 8.19. The topological polar surface area (TPSA) is 49.4 Å². The molecule has 0 heterocycles. The lowest BCUT2D eigenvalue weighted by atomic mass is 10.2. The van der Waals surface area contributed by atoms with Gasteiger partial charge in [-0.1, -0.05) is 18.2 Å². The highest BCUT2D eigenvalue weighted by Gasteiger charge is 2.11. The van der Waals surface area contributed by atoms with Crippen molar-refractivity contribution < 1.29 is 9.59 Å². The van der Waals surface area contributed by atoms with Crippen LogP contribution in [0.25, 0.3) is 0 Å². The zero-order valence-corrected chi connectivity index (χ0v) is 10.3. The molecular weight excluding hydrogens is 216 g/mol. The Kier molecular flexibility index (Phi) is 5.20. The molecule has 0 aliphatic heterocycles. The van der Waals surface area contributed by atoms with Crippen LogP contribution in [-0.2, 0) is 4.79 Å². The lowest BCUT2D eigenvalue weighted by Gasteiger charge is -2.18. The molecule has 0 atom stereocenters. The van der Waals surface area contributed by atoms with Gasteiger partial charge in [-0.2, -0.15) is 0 Å². The number of likely N-dealkylation sites (N-methyl/N-ethyl adjacent to an activating group) is 1. The fraction of sp³-hybridized carbons (Fsp3) is 0.385. The third kappa shape index (κ3) is 3.90. The third-order valence-electron chi connectivity index (χ3n) is 2.55. The van der Waals surface area contributed by atoms with Crippen LogP contribution < -0.4 is 5.32 Å². The first-order valence-corrected chi connectivity index (χ1v) is 5.80. The molecule has 1 rings (SSSR count). The van der Waals surface area contributed by atoms with E-state index in [1.165, 1.54) is 0 Å². The summed E-state index contributed by atoms with van der Waals surface area (Å²) < 4.78 is 0. The van der Waals surface area contributed by atoms with Crippen molar-refractivity contribution in [1.82, 2.24) is 10.2 Å². The van der Waals surface area contributed by atoms with E-state index in [2.05, 4.69) is 5.32 Å². The van der Waals surface area contributed by atoms with Gasteiger partial charge in [-0.15, -0.1) is 0 Å². The van der Waals surface area contributed by atoms with E-state index in [9.17, 15) is 9.59 Å². The SMILES string of the molecule is CCN(CC)C(=O)CNC(=O)c1ccccc1. The second-order valence-electron chi connectivity index (χ2n) is 3.61. The van der Waals surface area contributed by atoms with Crippen LogP contribution in [0.3, 0.4) is 0 Å². The summed E-state index contributed by atoms with van der Waals surface area (Å²) in [5.41, 5.74) is 0.569. The van der Waals surface area contributed by atoms with E-state index < -0.39 is 0 Å². The predicted molar refractivity (Wildman–Crippen MR) is 66.7 cm³/mol. The van der Waals surface area contributed by atoms with Crippen molar-refractivity contribution in [1.29, 1.82) is 0 Å². The number of amides is 2. The number of nitrogens with zero attached hydrogens (tertiary/aromatic N) is 1. The number of hydrogen-bond donors (Lipinski definition) is 1. The molecule has 0 fully saturated rings. The Labute approximate surface area is 102 Å². The quantitative estimate of drug-likeness (QED) is 0.834. The minimum atomic E-state index is -0.217. The van der Waals surface area contributed by atoms with E-state index in [4.69, 9.17) is 0 Å². The summed E-state index contributed by atoms with van der Waals surface area (Å²) in [4.78, 5) is 25.0. The Balaban J connectivity index is 2.46. The summed E-state index contributed by atoms with van der Waals surface area (Å²) in [6.45, 7) is 5.21. The van der Waals surface area contributed by atoms with Crippen molar-refractivity contribution in [3.63, 3.8) is 0 Å². The zero-order chi connectivity index (χ0) is 12.7. The highest BCUT2D eigenvalue weighted by atomic mass is 16.2. The number of nitrogens with one attached hydrogen (secondary N) is 1. The van der Waals surface area contributed by atoms with E-state index in [0.29, 0.717) is 18.7 Å². The van der Waals surface area contributed by atoms with Gasteiger partial charge < -0.3 is 10.2 Å². The maximum atomic E-state index is 11.7. The average Bonchev–Trinajstić information content (AvgIpc) is 2.38. The number of hydrogen-bond acceptors (Lipinski definition) is 2. The van der Waals surface area contributed by atoms with Crippen molar-refractivity contribution in [3.8, 4) is 0 Å². The van der Waals surface area contributed by atoms with Gasteiger partial charge in [0, 0.05) is 18.7 Å². The van der Waals surface area contributed by atoms with E-state index in [1.807, 2.05) is 19.9 Å². The summed E-state index contributed by atoms with van der Waals surface area (Å²) in [6.07, 6.45) is 0. The van der Waals surface area contributed by atoms with E-state index in [0.717, 1.165) is 0 Å². The highest BCUT2D eigenvalue weighted by Crippen LogP contribution is 1.97. The maximum absolute atomic E-state index is 11.7. The molecule has 0 unspecified atom stereocenters. The summed E-state index contributed by atoms with van der Waals surface area (Å²) in [6, 6.07) is 8.87. The standard InChI is InChI=1S/C13H18N2O2/c1-3-15(4-2)12(16)10-14-13(17)11-8-6-5-7-9-11/h5-9H,3-4,10H2,1-2H3,(H,14,17). The molecule has 1 aromatic rings. The molecule has 0 spiro atoms. The fourth-order valence-corrected chi connectivity index (χ4v) is 1.54. The van der Waals surface area contributed by atoms with Gasteiger partial charge in [-0.05, 0) is 26.0 Å². The van der Waals surface area contributed by atoms with Crippen LogP contribution in [0.1, 0.15) is 24.2 Å². The monoisotopic (exact) mass is 234 g/mol. The van der Waals surface area contributed by atoms with Gasteiger partial charge in [0.1, 0.15) is 0 Å². The molecule has 0 radical (unpaired) electrons. The van der Waals surface area contributed by atoms with Crippen molar-refractivity contribution in [2.75, 3.05) is 19.6 Å². The minimum Gasteiger partial charge on any atom is -0.343 e. The molecule has 0 saturated heterocycles. The van der Waals surface area contributed by atoms with Crippen molar-refractivity contribution >= 4 is 11.8 Å². The molecule has 1 N–H and O–H groups in total. The van der Waals surface area contributed by atoms with Crippen molar-refractivity contribution in [2.45, 2.75) is 13.8 Å². The summed E-state index contributed by atoms with van der Waals surface area (Å²) in [5, 5.41) is 2.62. The van der Waals surface area contributed by atoms with Crippen molar-refractivity contribution in [2.24, 2.45) is 0 Å². The van der Waals surface area contributed by atoms with Gasteiger partial charge in [0.05, 0.1) is 6.54 Å². The number of carbonyl (C=O) groups is 2. The van der Waals surface area contributed by atoms with E-state index in [1.54, 1.807) is 29.2 Å². The number of rotatable bonds is 5. The molecule has 4 nitrogen and oxygen atoms in total. The van der Waals surface area contributed by atoms with Crippen LogP contribution in [0.15, 0.2) is 30.3 Å². The van der Waals surface area contributed by atoms with Gasteiger partial charge in [0.25, 0.3) is 5.91 Å². The Morgan fingerprint density at radius 1 is 1.12 bits per heavy atom. The van der Waals surface area contributed by atoms with Gasteiger partial charge in [-0.25, -0.2) is 0 Å². The molecule has 0 aliphatic carbocycles. The molecule has 17 heavy (non-hydrogen) atoms. The smallest absolute Gasteiger partial charge is 0.251 e. The lowest BCUT2D eigenvalue weighted by Crippen LogP contribution is -2.39. The lowest BCUT2D eigenvalue weighted by molar-refractivity contribution is -0.129. The molecule has 4 heteroatoms. The minimum absolute atomic E-state index is 0.0510. The summed E-state index contributed by atoms with van der Waals surface area (Å²) >= 11 is 0. The van der Waals surface area contributed by atoms with Crippen molar-refractivity contribution in [3.05, 3.63) is 35.9 Å². The Morgan fingerprint density at radius 2 is 1.71 bits per heavy atom. The first kappa shape index (κ1) is 13.2. The Hall–Kier alpha value is -1.84. The normalized spacial score (nSPS) is 9.76. The molecule has 1 aromatic carbocycles. The van der Waals surface area contributed by atoms with Crippen LogP contribution in [0.4, 0.5) is 0 Å². The highest BCUT2D eigenvalue weighted by molar-refractivity contribution is 5.96. The first-order valence-electron chi connectivity index (χ1n) is 5.80. The Bertz CT molecular complexity index is 372. The van der Waals surface area contributed by atoms with Crippen LogP contribution in [-0.4, -0.2) is 36.3 Å². The van der Waals surface area contributed by atoms with Crippen LogP contribution in [0, 0.1) is 0 Å². The summed E-state index contributed by atoms with van der Waals surface area (Å²) in [5.74, 6) is -0.273. The van der Waals surface area contributed by atoms with Crippen LogP contribution in [0.5, 0.6) is 0 Å². The van der Waals surface area contributed by atoms with Gasteiger partial charge in [0.2, 0.25) is 5.91 Å². The second kappa shape index (κ2) is 6.68.